The number of rotatable bonds is 10. The lowest BCUT2D eigenvalue weighted by molar-refractivity contribution is -0.156. The first-order valence-corrected chi connectivity index (χ1v) is 18.1. The molecule has 5 aliphatic rings. The standard InChI is InChI=1S/C36H50N5O5P/c1-21-12-23-13-22(2)16-36(15-21,17-23)31(40-29(42)20-46-27-4-6-28(47)7-5-27)34(45)41-30(25-8-10-35(41,3)18-25)33(44)39-26(19-37)14-24-9-11-38-32(24)43/h4-7,21-26,30-31H,8-18,20,47H2,1-3H3,(H,38,43)(H,39,44)(H,40,42)/t21?,22?,23?,24?,25-,26-,30-,31?,35+,36?/m0/s1. The van der Waals surface area contributed by atoms with Crippen molar-refractivity contribution < 1.29 is 23.9 Å². The number of carbonyl (C=O) groups is 4. The van der Waals surface area contributed by atoms with E-state index >= 15 is 4.79 Å². The molecule has 0 spiro atoms. The minimum absolute atomic E-state index is 0.0294. The van der Waals surface area contributed by atoms with Crippen molar-refractivity contribution in [1.29, 1.82) is 5.26 Å². The Morgan fingerprint density at radius 1 is 1.09 bits per heavy atom. The van der Waals surface area contributed by atoms with Crippen molar-refractivity contribution in [2.45, 2.75) is 109 Å². The number of likely N-dealkylation sites (tertiary alicyclic amines) is 1. The van der Waals surface area contributed by atoms with Crippen LogP contribution in [0.2, 0.25) is 0 Å². The molecule has 11 heteroatoms. The number of nitrogens with zero attached hydrogens (tertiary/aromatic N) is 2. The minimum Gasteiger partial charge on any atom is -0.484 e. The molecule has 47 heavy (non-hydrogen) atoms. The van der Waals surface area contributed by atoms with Crippen LogP contribution >= 0.6 is 9.24 Å². The predicted molar refractivity (Wildman–Crippen MR) is 180 cm³/mol. The summed E-state index contributed by atoms with van der Waals surface area (Å²) in [5.74, 6) is 0.590. The maximum atomic E-state index is 15.2. The molecule has 1 aromatic rings. The van der Waals surface area contributed by atoms with Crippen LogP contribution in [-0.4, -0.2) is 65.3 Å². The van der Waals surface area contributed by atoms with Gasteiger partial charge in [0.25, 0.3) is 5.91 Å². The van der Waals surface area contributed by atoms with Gasteiger partial charge in [0.2, 0.25) is 17.7 Å². The summed E-state index contributed by atoms with van der Waals surface area (Å²) in [6.45, 7) is 6.92. The molecule has 3 N–H and O–H groups in total. The number of amides is 4. The summed E-state index contributed by atoms with van der Waals surface area (Å²) in [6, 6.07) is 7.24. The summed E-state index contributed by atoms with van der Waals surface area (Å²) < 4.78 is 5.84. The van der Waals surface area contributed by atoms with E-state index in [2.05, 4.69) is 52.0 Å². The Hall–Kier alpha value is -3.18. The highest BCUT2D eigenvalue weighted by atomic mass is 31.0. The molecule has 4 amide bonds. The number of hydrogen-bond acceptors (Lipinski definition) is 6. The molecule has 6 rings (SSSR count). The highest BCUT2D eigenvalue weighted by Crippen LogP contribution is 2.57. The van der Waals surface area contributed by atoms with Crippen LogP contribution in [-0.2, 0) is 19.2 Å². The number of hydrogen-bond donors (Lipinski definition) is 3. The van der Waals surface area contributed by atoms with Gasteiger partial charge in [-0.25, -0.2) is 0 Å². The van der Waals surface area contributed by atoms with E-state index in [4.69, 9.17) is 4.74 Å². The Bertz CT molecular complexity index is 1410. The van der Waals surface area contributed by atoms with Crippen LogP contribution in [0.25, 0.3) is 0 Å². The molecule has 9 atom stereocenters. The number of carbonyl (C=O) groups excluding carboxylic acids is 4. The predicted octanol–water partition coefficient (Wildman–Crippen LogP) is 3.21. The maximum Gasteiger partial charge on any atom is 0.258 e. The lowest BCUT2D eigenvalue weighted by Crippen LogP contribution is -2.66. The zero-order valence-corrected chi connectivity index (χ0v) is 29.1. The van der Waals surface area contributed by atoms with Crippen molar-refractivity contribution >= 4 is 38.2 Å². The van der Waals surface area contributed by atoms with Gasteiger partial charge in [-0.15, -0.1) is 9.24 Å². The smallest absolute Gasteiger partial charge is 0.258 e. The van der Waals surface area contributed by atoms with E-state index in [9.17, 15) is 19.6 Å². The Morgan fingerprint density at radius 2 is 1.79 bits per heavy atom. The van der Waals surface area contributed by atoms with Gasteiger partial charge in [-0.3, -0.25) is 19.2 Å². The summed E-state index contributed by atoms with van der Waals surface area (Å²) >= 11 is 0. The molecule has 4 bridgehead atoms. The summed E-state index contributed by atoms with van der Waals surface area (Å²) in [5.41, 5.74) is -0.939. The molecule has 0 aromatic heterocycles. The SMILES string of the molecule is CC1CC2CC(C)CC(C(NC(=O)COc3ccc(P)cc3)C(=O)N3[C@H](C(=O)N[C@H](C#N)CC4CCNC4=O)[C@H]4CC[C@]3(C)C4)(C1)C2. The molecule has 2 heterocycles. The molecular formula is C36H50N5O5P. The monoisotopic (exact) mass is 663 g/mol. The fraction of sp³-hybridized carbons (Fsp3) is 0.694. The number of ether oxygens (including phenoxy) is 1. The molecule has 2 saturated heterocycles. The molecule has 5 fully saturated rings. The average Bonchev–Trinajstić information content (AvgIpc) is 3.69. The second kappa shape index (κ2) is 13.4. The number of nitrogens with one attached hydrogen (secondary N) is 3. The van der Waals surface area contributed by atoms with Crippen molar-refractivity contribution in [1.82, 2.24) is 20.9 Å². The normalized spacial score (nSPS) is 35.4. The van der Waals surface area contributed by atoms with Gasteiger partial charge in [-0.1, -0.05) is 26.0 Å². The third kappa shape index (κ3) is 6.88. The van der Waals surface area contributed by atoms with E-state index in [-0.39, 0.29) is 48.5 Å². The fourth-order valence-corrected chi connectivity index (χ4v) is 10.4. The zero-order valence-electron chi connectivity index (χ0n) is 27.9. The van der Waals surface area contributed by atoms with Crippen LogP contribution in [0, 0.1) is 46.3 Å². The quantitative estimate of drug-likeness (QED) is 0.329. The van der Waals surface area contributed by atoms with E-state index in [1.807, 2.05) is 24.3 Å². The second-order valence-corrected chi connectivity index (χ2v) is 16.4. The molecule has 5 unspecified atom stereocenters. The van der Waals surface area contributed by atoms with Crippen LogP contribution in [0.15, 0.2) is 24.3 Å². The van der Waals surface area contributed by atoms with Crippen LogP contribution in [0.1, 0.15) is 85.0 Å². The number of piperidine rings is 1. The van der Waals surface area contributed by atoms with E-state index in [0.717, 1.165) is 50.3 Å². The molecule has 3 aliphatic carbocycles. The summed E-state index contributed by atoms with van der Waals surface area (Å²) in [6.07, 6.45) is 7.99. The third-order valence-electron chi connectivity index (χ3n) is 11.8. The molecule has 0 radical (unpaired) electrons. The number of nitriles is 1. The van der Waals surface area contributed by atoms with Gasteiger partial charge >= 0.3 is 0 Å². The lowest BCUT2D eigenvalue weighted by atomic mass is 9.54. The van der Waals surface area contributed by atoms with Crippen LogP contribution in [0.4, 0.5) is 0 Å². The van der Waals surface area contributed by atoms with Crippen molar-refractivity contribution in [2.75, 3.05) is 13.2 Å². The second-order valence-electron chi connectivity index (χ2n) is 15.7. The van der Waals surface area contributed by atoms with Gasteiger partial charge in [0, 0.05) is 23.4 Å². The molecule has 1 aromatic carbocycles. The first-order chi connectivity index (χ1) is 22.4. The zero-order chi connectivity index (χ0) is 33.5. The Kier molecular flexibility index (Phi) is 9.60. The van der Waals surface area contributed by atoms with Crippen molar-refractivity contribution in [3.8, 4) is 11.8 Å². The average molecular weight is 664 g/mol. The van der Waals surface area contributed by atoms with Gasteiger partial charge in [0.15, 0.2) is 6.61 Å². The third-order valence-corrected chi connectivity index (χ3v) is 12.2. The summed E-state index contributed by atoms with van der Waals surface area (Å²) in [4.78, 5) is 56.9. The van der Waals surface area contributed by atoms with Crippen LogP contribution in [0.5, 0.6) is 5.75 Å². The van der Waals surface area contributed by atoms with Crippen LogP contribution in [0.3, 0.4) is 0 Å². The fourth-order valence-electron chi connectivity index (χ4n) is 10.3. The topological polar surface area (TPSA) is 141 Å². The minimum atomic E-state index is -0.828. The van der Waals surface area contributed by atoms with Gasteiger partial charge in [0.05, 0.1) is 6.07 Å². The van der Waals surface area contributed by atoms with E-state index < -0.39 is 29.1 Å². The maximum absolute atomic E-state index is 15.2. The highest BCUT2D eigenvalue weighted by Gasteiger charge is 2.61. The first kappa shape index (κ1) is 33.7. The summed E-state index contributed by atoms with van der Waals surface area (Å²) in [5, 5.41) is 19.8. The van der Waals surface area contributed by atoms with Gasteiger partial charge in [0.1, 0.15) is 23.9 Å². The molecular weight excluding hydrogens is 613 g/mol. The molecule has 10 nitrogen and oxygen atoms in total. The van der Waals surface area contributed by atoms with Crippen molar-refractivity contribution in [2.24, 2.45) is 35.0 Å². The number of fused-ring (bicyclic) bond motifs is 4. The van der Waals surface area contributed by atoms with E-state index in [0.29, 0.717) is 42.9 Å². The number of benzene rings is 1. The molecule has 2 aliphatic heterocycles. The molecule has 3 saturated carbocycles. The lowest BCUT2D eigenvalue weighted by Gasteiger charge is -2.54. The van der Waals surface area contributed by atoms with Gasteiger partial charge < -0.3 is 25.6 Å². The largest absolute Gasteiger partial charge is 0.484 e. The van der Waals surface area contributed by atoms with E-state index in [1.165, 1.54) is 0 Å². The Labute approximate surface area is 280 Å². The van der Waals surface area contributed by atoms with Crippen LogP contribution < -0.4 is 26.0 Å². The summed E-state index contributed by atoms with van der Waals surface area (Å²) in [7, 11) is 2.62. The highest BCUT2D eigenvalue weighted by molar-refractivity contribution is 7.27. The molecule has 254 valence electrons. The Morgan fingerprint density at radius 3 is 2.43 bits per heavy atom. The van der Waals surface area contributed by atoms with Crippen molar-refractivity contribution in [3.05, 3.63) is 24.3 Å². The first-order valence-electron chi connectivity index (χ1n) is 17.5. The van der Waals surface area contributed by atoms with Gasteiger partial charge in [-0.05, 0) is 112 Å². The van der Waals surface area contributed by atoms with E-state index in [1.54, 1.807) is 4.90 Å². The Balaban J connectivity index is 1.27. The van der Waals surface area contributed by atoms with Gasteiger partial charge in [-0.2, -0.15) is 5.26 Å². The van der Waals surface area contributed by atoms with Crippen molar-refractivity contribution in [3.63, 3.8) is 0 Å².